The number of likely N-dealkylation sites (tertiary alicyclic amines) is 1. The van der Waals surface area contributed by atoms with Crippen LogP contribution in [-0.2, 0) is 4.79 Å². The van der Waals surface area contributed by atoms with Crippen LogP contribution in [0.3, 0.4) is 0 Å². The first kappa shape index (κ1) is 15.6. The molecule has 1 N–H and O–H groups in total. The van der Waals surface area contributed by atoms with Crippen molar-refractivity contribution in [1.29, 1.82) is 0 Å². The van der Waals surface area contributed by atoms with E-state index in [9.17, 15) is 18.0 Å². The third-order valence-electron chi connectivity index (χ3n) is 3.43. The van der Waals surface area contributed by atoms with Gasteiger partial charge < -0.3 is 5.32 Å². The number of carbonyl (C=O) groups excluding carboxylic acids is 1. The third kappa shape index (κ3) is 4.35. The molecule has 1 heterocycles. The highest BCUT2D eigenvalue weighted by Gasteiger charge is 2.39. The van der Waals surface area contributed by atoms with Crippen molar-refractivity contribution < 1.29 is 18.0 Å². The highest BCUT2D eigenvalue weighted by Crippen LogP contribution is 2.32. The molecule has 0 bridgehead atoms. The summed E-state index contributed by atoms with van der Waals surface area (Å²) in [7, 11) is 0. The Labute approximate surface area is 111 Å². The van der Waals surface area contributed by atoms with Gasteiger partial charge in [0.25, 0.3) is 0 Å². The van der Waals surface area contributed by atoms with Crippen molar-refractivity contribution >= 4 is 18.5 Å². The summed E-state index contributed by atoms with van der Waals surface area (Å²) in [6.45, 7) is 3.77. The molecule has 0 aromatic rings. The average Bonchev–Trinajstić information content (AvgIpc) is 2.25. The molecule has 0 aromatic heterocycles. The Bertz CT molecular complexity index is 299. The number of halogens is 3. The van der Waals surface area contributed by atoms with Gasteiger partial charge in [-0.25, -0.2) is 0 Å². The smallest absolute Gasteiger partial charge is 0.347 e. The molecule has 1 amide bonds. The molecule has 1 aliphatic rings. The zero-order valence-corrected chi connectivity index (χ0v) is 11.4. The Hall–Kier alpha value is -0.430. The second-order valence-electron chi connectivity index (χ2n) is 5.03. The lowest BCUT2D eigenvalue weighted by atomic mass is 9.79. The summed E-state index contributed by atoms with van der Waals surface area (Å²) in [4.78, 5) is 13.9. The van der Waals surface area contributed by atoms with Crippen LogP contribution in [0.25, 0.3) is 0 Å². The quantitative estimate of drug-likeness (QED) is 0.777. The molecule has 1 saturated heterocycles. The first-order chi connectivity index (χ1) is 8.14. The van der Waals surface area contributed by atoms with Gasteiger partial charge in [0.2, 0.25) is 5.91 Å². The van der Waals surface area contributed by atoms with E-state index in [1.807, 2.05) is 12.2 Å². The Morgan fingerprint density at radius 3 is 2.33 bits per heavy atom. The molecule has 3 nitrogen and oxygen atoms in total. The lowest BCUT2D eigenvalue weighted by Gasteiger charge is -2.39. The number of alkyl halides is 3. The van der Waals surface area contributed by atoms with Gasteiger partial charge in [-0.2, -0.15) is 25.8 Å². The fourth-order valence-electron chi connectivity index (χ4n) is 2.01. The molecule has 0 aromatic carbocycles. The van der Waals surface area contributed by atoms with Crippen molar-refractivity contribution in [3.8, 4) is 0 Å². The summed E-state index contributed by atoms with van der Waals surface area (Å²) in [5.41, 5.74) is -0.704. The van der Waals surface area contributed by atoms with E-state index in [2.05, 4.69) is 17.5 Å². The molecule has 1 atom stereocenters. The number of nitrogens with zero attached hydrogens (tertiary/aromatic N) is 1. The van der Waals surface area contributed by atoms with Crippen LogP contribution in [-0.4, -0.2) is 42.0 Å². The number of thiol groups is 1. The van der Waals surface area contributed by atoms with E-state index in [-0.39, 0.29) is 5.37 Å². The van der Waals surface area contributed by atoms with Crippen LogP contribution in [0.5, 0.6) is 0 Å². The molecule has 7 heteroatoms. The maximum atomic E-state index is 12.0. The van der Waals surface area contributed by atoms with Crippen LogP contribution < -0.4 is 5.32 Å². The lowest BCUT2D eigenvalue weighted by molar-refractivity contribution is -0.146. The molecule has 0 radical (unpaired) electrons. The zero-order valence-electron chi connectivity index (χ0n) is 10.5. The second kappa shape index (κ2) is 5.69. The summed E-state index contributed by atoms with van der Waals surface area (Å²) in [6.07, 6.45) is -3.24. The summed E-state index contributed by atoms with van der Waals surface area (Å²) in [6, 6.07) is 0. The van der Waals surface area contributed by atoms with E-state index < -0.39 is 24.0 Å². The van der Waals surface area contributed by atoms with E-state index in [1.165, 1.54) is 0 Å². The first-order valence-corrected chi connectivity index (χ1v) is 6.43. The van der Waals surface area contributed by atoms with E-state index in [0.717, 1.165) is 0 Å². The topological polar surface area (TPSA) is 32.3 Å². The Morgan fingerprint density at radius 2 is 1.94 bits per heavy atom. The predicted molar refractivity (Wildman–Crippen MR) is 66.4 cm³/mol. The number of nitrogens with one attached hydrogen (secondary N) is 1. The van der Waals surface area contributed by atoms with Crippen molar-refractivity contribution in [2.24, 2.45) is 5.41 Å². The standard InChI is InChI=1S/C11H19F3N2OS/c1-8(18)16-5-3-10(2,4-6-16)9(17)15-7-11(12,13)14/h8,18H,3-7H2,1-2H3,(H,15,17). The van der Waals surface area contributed by atoms with Gasteiger partial charge in [-0.3, -0.25) is 9.69 Å². The minimum absolute atomic E-state index is 0.104. The Morgan fingerprint density at radius 1 is 1.44 bits per heavy atom. The number of carbonyl (C=O) groups is 1. The van der Waals surface area contributed by atoms with Crippen LogP contribution in [0.15, 0.2) is 0 Å². The maximum absolute atomic E-state index is 12.0. The molecule has 1 unspecified atom stereocenters. The molecular formula is C11H19F3N2OS. The normalized spacial score (nSPS) is 22.6. The number of rotatable bonds is 3. The van der Waals surface area contributed by atoms with Crippen LogP contribution in [0.2, 0.25) is 0 Å². The zero-order chi connectivity index (χ0) is 14.0. The predicted octanol–water partition coefficient (Wildman–Crippen LogP) is 2.04. The molecule has 0 spiro atoms. The molecule has 1 fully saturated rings. The largest absolute Gasteiger partial charge is 0.405 e. The van der Waals surface area contributed by atoms with Gasteiger partial charge in [0.1, 0.15) is 6.54 Å². The van der Waals surface area contributed by atoms with Gasteiger partial charge >= 0.3 is 6.18 Å². The molecular weight excluding hydrogens is 265 g/mol. The molecule has 18 heavy (non-hydrogen) atoms. The highest BCUT2D eigenvalue weighted by molar-refractivity contribution is 7.80. The van der Waals surface area contributed by atoms with Gasteiger partial charge in [-0.15, -0.1) is 0 Å². The fraction of sp³-hybridized carbons (Fsp3) is 0.909. The van der Waals surface area contributed by atoms with Crippen molar-refractivity contribution in [1.82, 2.24) is 10.2 Å². The minimum Gasteiger partial charge on any atom is -0.347 e. The molecule has 0 saturated carbocycles. The average molecular weight is 284 g/mol. The van der Waals surface area contributed by atoms with Gasteiger partial charge in [-0.05, 0) is 19.8 Å². The number of amides is 1. The highest BCUT2D eigenvalue weighted by atomic mass is 32.1. The van der Waals surface area contributed by atoms with Crippen LogP contribution >= 0.6 is 12.6 Å². The molecule has 1 rings (SSSR count). The van der Waals surface area contributed by atoms with Gasteiger partial charge in [0, 0.05) is 23.9 Å². The summed E-state index contributed by atoms with van der Waals surface area (Å²) in [5, 5.41) is 2.08. The molecule has 106 valence electrons. The van der Waals surface area contributed by atoms with Gasteiger partial charge in [0.15, 0.2) is 0 Å². The van der Waals surface area contributed by atoms with Crippen molar-refractivity contribution in [2.75, 3.05) is 19.6 Å². The van der Waals surface area contributed by atoms with Gasteiger partial charge in [0.05, 0.1) is 0 Å². The van der Waals surface area contributed by atoms with Crippen molar-refractivity contribution in [3.05, 3.63) is 0 Å². The van der Waals surface area contributed by atoms with E-state index in [0.29, 0.717) is 25.9 Å². The summed E-state index contributed by atoms with van der Waals surface area (Å²) < 4.78 is 36.1. The van der Waals surface area contributed by atoms with Gasteiger partial charge in [-0.1, -0.05) is 6.92 Å². The SMILES string of the molecule is CC(S)N1CCC(C)(C(=O)NCC(F)(F)F)CC1. The summed E-state index contributed by atoms with van der Waals surface area (Å²) >= 11 is 4.31. The minimum atomic E-state index is -4.35. The van der Waals surface area contributed by atoms with Crippen LogP contribution in [0.4, 0.5) is 13.2 Å². The monoisotopic (exact) mass is 284 g/mol. The maximum Gasteiger partial charge on any atom is 0.405 e. The third-order valence-corrected chi connectivity index (χ3v) is 3.75. The van der Waals surface area contributed by atoms with Crippen LogP contribution in [0, 0.1) is 5.41 Å². The number of hydrogen-bond donors (Lipinski definition) is 2. The van der Waals surface area contributed by atoms with Crippen molar-refractivity contribution in [3.63, 3.8) is 0 Å². The molecule has 0 aliphatic carbocycles. The number of hydrogen-bond acceptors (Lipinski definition) is 3. The lowest BCUT2D eigenvalue weighted by Crippen LogP contribution is -2.49. The Kier molecular flexibility index (Phi) is 4.94. The fourth-order valence-corrected chi connectivity index (χ4v) is 2.24. The molecule has 1 aliphatic heterocycles. The van der Waals surface area contributed by atoms with E-state index >= 15 is 0 Å². The Balaban J connectivity index is 2.48. The van der Waals surface area contributed by atoms with Crippen LogP contribution in [0.1, 0.15) is 26.7 Å². The first-order valence-electron chi connectivity index (χ1n) is 5.91. The van der Waals surface area contributed by atoms with E-state index in [4.69, 9.17) is 0 Å². The van der Waals surface area contributed by atoms with E-state index in [1.54, 1.807) is 6.92 Å². The van der Waals surface area contributed by atoms with Crippen molar-refractivity contribution in [2.45, 2.75) is 38.2 Å². The second-order valence-corrected chi connectivity index (χ2v) is 5.77. The number of piperidine rings is 1. The summed E-state index contributed by atoms with van der Waals surface area (Å²) in [5.74, 6) is -0.508.